The summed E-state index contributed by atoms with van der Waals surface area (Å²) in [6, 6.07) is 5.27. The molecule has 1 aliphatic carbocycles. The zero-order chi connectivity index (χ0) is 11.8. The number of nitrogens with one attached hydrogen (secondary N) is 1. The average molecular weight is 230 g/mol. The van der Waals surface area contributed by atoms with E-state index in [-0.39, 0.29) is 5.82 Å². The van der Waals surface area contributed by atoms with E-state index >= 15 is 0 Å². The number of aryl methyl sites for hydroxylation is 1. The Labute approximate surface area is 99.9 Å². The van der Waals surface area contributed by atoms with Gasteiger partial charge in [0, 0.05) is 18.1 Å². The number of benzene rings is 1. The molecule has 1 fully saturated rings. The van der Waals surface area contributed by atoms with Crippen LogP contribution in [0, 0.1) is 18.7 Å². The molecule has 0 amide bonds. The Morgan fingerprint density at radius 3 is 2.94 bits per heavy atom. The van der Waals surface area contributed by atoms with E-state index in [0.29, 0.717) is 5.69 Å². The van der Waals surface area contributed by atoms with Gasteiger partial charge in [-0.25, -0.2) is 4.39 Å². The van der Waals surface area contributed by atoms with E-state index in [1.54, 1.807) is 12.3 Å². The van der Waals surface area contributed by atoms with Gasteiger partial charge in [0.1, 0.15) is 5.82 Å². The van der Waals surface area contributed by atoms with Crippen molar-refractivity contribution in [2.45, 2.75) is 19.8 Å². The third-order valence-electron chi connectivity index (χ3n) is 3.34. The van der Waals surface area contributed by atoms with Crippen LogP contribution in [-0.4, -0.2) is 11.5 Å². The van der Waals surface area contributed by atoms with E-state index in [2.05, 4.69) is 10.3 Å². The highest BCUT2D eigenvalue weighted by Gasteiger charge is 2.21. The lowest BCUT2D eigenvalue weighted by Crippen LogP contribution is -2.06. The third kappa shape index (κ3) is 1.97. The topological polar surface area (TPSA) is 24.9 Å². The predicted octanol–water partition coefficient (Wildman–Crippen LogP) is 3.50. The molecule has 1 aromatic carbocycles. The van der Waals surface area contributed by atoms with Crippen LogP contribution in [0.4, 0.5) is 10.1 Å². The van der Waals surface area contributed by atoms with Crippen molar-refractivity contribution in [1.29, 1.82) is 0 Å². The highest BCUT2D eigenvalue weighted by molar-refractivity contribution is 5.92. The summed E-state index contributed by atoms with van der Waals surface area (Å²) in [6.45, 7) is 2.87. The highest BCUT2D eigenvalue weighted by atomic mass is 19.1. The summed E-state index contributed by atoms with van der Waals surface area (Å²) in [4.78, 5) is 4.30. The zero-order valence-electron chi connectivity index (χ0n) is 9.83. The van der Waals surface area contributed by atoms with E-state index in [9.17, 15) is 4.39 Å². The summed E-state index contributed by atoms with van der Waals surface area (Å²) in [5.74, 6) is 0.505. The SMILES string of the molecule is Cc1ccnc2c(NCC3CC3)c(F)ccc12. The smallest absolute Gasteiger partial charge is 0.148 e. The molecule has 1 N–H and O–H groups in total. The number of pyridine rings is 1. The van der Waals surface area contributed by atoms with E-state index in [1.165, 1.54) is 18.9 Å². The quantitative estimate of drug-likeness (QED) is 0.872. The lowest BCUT2D eigenvalue weighted by Gasteiger charge is -2.10. The Hall–Kier alpha value is -1.64. The van der Waals surface area contributed by atoms with E-state index in [4.69, 9.17) is 0 Å². The van der Waals surface area contributed by atoms with Crippen LogP contribution in [0.15, 0.2) is 24.4 Å². The first-order valence-corrected chi connectivity index (χ1v) is 6.03. The van der Waals surface area contributed by atoms with Crippen LogP contribution in [-0.2, 0) is 0 Å². The van der Waals surface area contributed by atoms with Crippen LogP contribution in [0.1, 0.15) is 18.4 Å². The van der Waals surface area contributed by atoms with Gasteiger partial charge in [0.2, 0.25) is 0 Å². The molecular weight excluding hydrogens is 215 g/mol. The number of halogens is 1. The van der Waals surface area contributed by atoms with Gasteiger partial charge in [-0.1, -0.05) is 0 Å². The predicted molar refractivity (Wildman–Crippen MR) is 67.7 cm³/mol. The maximum atomic E-state index is 13.8. The fourth-order valence-corrected chi connectivity index (χ4v) is 2.07. The molecule has 3 rings (SSSR count). The summed E-state index contributed by atoms with van der Waals surface area (Å²) in [7, 11) is 0. The summed E-state index contributed by atoms with van der Waals surface area (Å²) < 4.78 is 13.8. The third-order valence-corrected chi connectivity index (χ3v) is 3.34. The zero-order valence-corrected chi connectivity index (χ0v) is 9.83. The normalized spacial score (nSPS) is 15.2. The maximum absolute atomic E-state index is 13.8. The second-order valence-corrected chi connectivity index (χ2v) is 4.77. The van der Waals surface area contributed by atoms with Gasteiger partial charge in [0.15, 0.2) is 0 Å². The lowest BCUT2D eigenvalue weighted by molar-refractivity contribution is 0.630. The maximum Gasteiger partial charge on any atom is 0.148 e. The molecule has 3 heteroatoms. The van der Waals surface area contributed by atoms with Crippen LogP contribution in [0.5, 0.6) is 0 Å². The molecule has 2 aromatic rings. The van der Waals surface area contributed by atoms with Crippen molar-refractivity contribution in [3.63, 3.8) is 0 Å². The number of fused-ring (bicyclic) bond motifs is 1. The Kier molecular flexibility index (Phi) is 2.46. The first-order valence-electron chi connectivity index (χ1n) is 6.03. The molecule has 1 saturated carbocycles. The van der Waals surface area contributed by atoms with Gasteiger partial charge in [0.25, 0.3) is 0 Å². The van der Waals surface area contributed by atoms with Crippen molar-refractivity contribution in [1.82, 2.24) is 4.98 Å². The Bertz CT molecular complexity index is 561. The fourth-order valence-electron chi connectivity index (χ4n) is 2.07. The van der Waals surface area contributed by atoms with Crippen molar-refractivity contribution < 1.29 is 4.39 Å². The molecule has 0 bridgehead atoms. The van der Waals surface area contributed by atoms with Crippen LogP contribution >= 0.6 is 0 Å². The highest BCUT2D eigenvalue weighted by Crippen LogP contribution is 2.31. The van der Waals surface area contributed by atoms with Crippen molar-refractivity contribution in [2.75, 3.05) is 11.9 Å². The molecule has 0 unspecified atom stereocenters. The largest absolute Gasteiger partial charge is 0.381 e. The lowest BCUT2D eigenvalue weighted by atomic mass is 10.1. The Balaban J connectivity index is 2.06. The first-order chi connectivity index (χ1) is 8.25. The van der Waals surface area contributed by atoms with Gasteiger partial charge in [-0.15, -0.1) is 0 Å². The van der Waals surface area contributed by atoms with Gasteiger partial charge in [-0.3, -0.25) is 4.98 Å². The molecule has 2 nitrogen and oxygen atoms in total. The minimum absolute atomic E-state index is 0.212. The summed E-state index contributed by atoms with van der Waals surface area (Å²) in [5, 5.41) is 4.23. The van der Waals surface area contributed by atoms with Crippen LogP contribution in [0.3, 0.4) is 0 Å². The van der Waals surface area contributed by atoms with Crippen LogP contribution in [0.25, 0.3) is 10.9 Å². The number of anilines is 1. The molecule has 1 heterocycles. The number of nitrogens with zero attached hydrogens (tertiary/aromatic N) is 1. The molecule has 17 heavy (non-hydrogen) atoms. The number of rotatable bonds is 3. The molecule has 1 aromatic heterocycles. The number of hydrogen-bond donors (Lipinski definition) is 1. The molecule has 88 valence electrons. The Morgan fingerprint density at radius 1 is 1.35 bits per heavy atom. The summed E-state index contributed by atoms with van der Waals surface area (Å²) in [5.41, 5.74) is 2.42. The standard InChI is InChI=1S/C14H15FN2/c1-9-6-7-16-13-11(9)4-5-12(15)14(13)17-8-10-2-3-10/h4-7,10,17H,2-3,8H2,1H3. The second kappa shape index (κ2) is 3.99. The minimum Gasteiger partial charge on any atom is -0.381 e. The van der Waals surface area contributed by atoms with E-state index in [0.717, 1.165) is 28.9 Å². The van der Waals surface area contributed by atoms with Gasteiger partial charge in [-0.05, 0) is 49.4 Å². The molecule has 0 spiro atoms. The molecule has 0 saturated heterocycles. The number of aromatic nitrogens is 1. The van der Waals surface area contributed by atoms with Crippen molar-refractivity contribution >= 4 is 16.6 Å². The Morgan fingerprint density at radius 2 is 2.18 bits per heavy atom. The average Bonchev–Trinajstić information content (AvgIpc) is 3.12. The fraction of sp³-hybridized carbons (Fsp3) is 0.357. The van der Waals surface area contributed by atoms with Crippen molar-refractivity contribution in [2.24, 2.45) is 5.92 Å². The summed E-state index contributed by atoms with van der Waals surface area (Å²) >= 11 is 0. The van der Waals surface area contributed by atoms with Gasteiger partial charge in [-0.2, -0.15) is 0 Å². The van der Waals surface area contributed by atoms with Crippen molar-refractivity contribution in [3.8, 4) is 0 Å². The number of hydrogen-bond acceptors (Lipinski definition) is 2. The second-order valence-electron chi connectivity index (χ2n) is 4.77. The molecule has 0 radical (unpaired) electrons. The van der Waals surface area contributed by atoms with Gasteiger partial charge >= 0.3 is 0 Å². The van der Waals surface area contributed by atoms with Crippen molar-refractivity contribution in [3.05, 3.63) is 35.8 Å². The minimum atomic E-state index is -0.212. The molecule has 0 atom stereocenters. The monoisotopic (exact) mass is 230 g/mol. The molecule has 1 aliphatic rings. The van der Waals surface area contributed by atoms with Crippen LogP contribution < -0.4 is 5.32 Å². The van der Waals surface area contributed by atoms with Crippen LogP contribution in [0.2, 0.25) is 0 Å². The first kappa shape index (κ1) is 10.5. The van der Waals surface area contributed by atoms with Gasteiger partial charge in [0.05, 0.1) is 11.2 Å². The van der Waals surface area contributed by atoms with Gasteiger partial charge < -0.3 is 5.32 Å². The van der Waals surface area contributed by atoms with E-state index < -0.39 is 0 Å². The molecular formula is C14H15FN2. The van der Waals surface area contributed by atoms with E-state index in [1.807, 2.05) is 13.0 Å². The molecule has 0 aliphatic heterocycles. The summed E-state index contributed by atoms with van der Waals surface area (Å²) in [6.07, 6.45) is 4.25.